The Hall–Kier alpha value is -0.770. The van der Waals surface area contributed by atoms with Crippen molar-refractivity contribution in [2.24, 2.45) is 0 Å². The van der Waals surface area contributed by atoms with Crippen LogP contribution in [-0.2, 0) is 0 Å². The number of amides is 2. The maximum atomic E-state index is 11.6. The Kier molecular flexibility index (Phi) is 3.75. The monoisotopic (exact) mass is 199 g/mol. The summed E-state index contributed by atoms with van der Waals surface area (Å²) in [5.41, 5.74) is 0. The van der Waals surface area contributed by atoms with E-state index >= 15 is 0 Å². The van der Waals surface area contributed by atoms with Gasteiger partial charge in [0.1, 0.15) is 0 Å². The first-order chi connectivity index (χ1) is 6.52. The molecule has 0 aromatic heterocycles. The molecular weight excluding hydrogens is 178 g/mol. The lowest BCUT2D eigenvalue weighted by Crippen LogP contribution is -2.52. The number of carbonyl (C=O) groups excluding carboxylic acids is 1. The van der Waals surface area contributed by atoms with Crippen molar-refractivity contribution in [3.63, 3.8) is 0 Å². The summed E-state index contributed by atoms with van der Waals surface area (Å²) in [5, 5.41) is 0. The van der Waals surface area contributed by atoms with Crippen LogP contribution in [0.4, 0.5) is 4.79 Å². The van der Waals surface area contributed by atoms with Crippen molar-refractivity contribution in [2.75, 3.05) is 40.3 Å². The van der Waals surface area contributed by atoms with Crippen molar-refractivity contribution in [3.8, 4) is 0 Å². The average molecular weight is 199 g/mol. The van der Waals surface area contributed by atoms with Crippen LogP contribution in [0.25, 0.3) is 0 Å². The molecule has 2 amide bonds. The summed E-state index contributed by atoms with van der Waals surface area (Å²) in [6, 6.07) is 0.722. The van der Waals surface area contributed by atoms with Gasteiger partial charge in [0, 0.05) is 46.3 Å². The minimum absolute atomic E-state index is 0.133. The smallest absolute Gasteiger partial charge is 0.319 e. The van der Waals surface area contributed by atoms with Crippen LogP contribution in [0.15, 0.2) is 0 Å². The van der Waals surface area contributed by atoms with E-state index in [1.807, 2.05) is 4.90 Å². The highest BCUT2D eigenvalue weighted by molar-refractivity contribution is 5.73. The van der Waals surface area contributed by atoms with Crippen molar-refractivity contribution in [3.05, 3.63) is 0 Å². The van der Waals surface area contributed by atoms with Crippen LogP contribution in [0, 0.1) is 0 Å². The van der Waals surface area contributed by atoms with Gasteiger partial charge >= 0.3 is 6.03 Å². The Morgan fingerprint density at radius 1 is 1.14 bits per heavy atom. The normalized spacial score (nSPS) is 18.8. The van der Waals surface area contributed by atoms with E-state index in [1.165, 1.54) is 0 Å². The maximum Gasteiger partial charge on any atom is 0.319 e. The highest BCUT2D eigenvalue weighted by atomic mass is 16.2. The van der Waals surface area contributed by atoms with Crippen LogP contribution in [0.5, 0.6) is 0 Å². The lowest BCUT2D eigenvalue weighted by atomic mass is 10.2. The highest BCUT2D eigenvalue weighted by Crippen LogP contribution is 2.06. The Morgan fingerprint density at radius 2 is 1.64 bits per heavy atom. The Morgan fingerprint density at radius 3 is 2.00 bits per heavy atom. The van der Waals surface area contributed by atoms with Gasteiger partial charge < -0.3 is 9.80 Å². The van der Waals surface area contributed by atoms with Crippen molar-refractivity contribution in [2.45, 2.75) is 19.9 Å². The predicted molar refractivity (Wildman–Crippen MR) is 57.4 cm³/mol. The van der Waals surface area contributed by atoms with Gasteiger partial charge in [-0.3, -0.25) is 4.90 Å². The van der Waals surface area contributed by atoms with E-state index in [0.29, 0.717) is 6.04 Å². The molecule has 0 saturated carbocycles. The first-order valence-corrected chi connectivity index (χ1v) is 5.22. The minimum atomic E-state index is 0.133. The Labute approximate surface area is 86.5 Å². The molecule has 0 unspecified atom stereocenters. The second-order valence-electron chi connectivity index (χ2n) is 4.29. The van der Waals surface area contributed by atoms with Crippen LogP contribution < -0.4 is 0 Å². The molecule has 0 bridgehead atoms. The molecule has 1 saturated heterocycles. The first kappa shape index (κ1) is 11.3. The molecule has 1 aliphatic heterocycles. The fourth-order valence-electron chi connectivity index (χ4n) is 1.71. The van der Waals surface area contributed by atoms with E-state index < -0.39 is 0 Å². The van der Waals surface area contributed by atoms with E-state index in [0.717, 1.165) is 26.2 Å². The molecule has 4 heteroatoms. The molecule has 4 nitrogen and oxygen atoms in total. The summed E-state index contributed by atoms with van der Waals surface area (Å²) >= 11 is 0. The molecule has 0 N–H and O–H groups in total. The zero-order valence-corrected chi connectivity index (χ0v) is 9.66. The fraction of sp³-hybridized carbons (Fsp3) is 0.900. The predicted octanol–water partition coefficient (Wildman–Crippen LogP) is 0.694. The Balaban J connectivity index is 2.39. The minimum Gasteiger partial charge on any atom is -0.331 e. The number of hydrogen-bond donors (Lipinski definition) is 0. The molecule has 0 atom stereocenters. The van der Waals surface area contributed by atoms with Gasteiger partial charge in [-0.1, -0.05) is 0 Å². The molecule has 0 spiro atoms. The number of urea groups is 1. The Bertz CT molecular complexity index is 196. The van der Waals surface area contributed by atoms with Gasteiger partial charge in [0.05, 0.1) is 0 Å². The van der Waals surface area contributed by atoms with Crippen molar-refractivity contribution in [1.82, 2.24) is 14.7 Å². The van der Waals surface area contributed by atoms with E-state index in [9.17, 15) is 4.79 Å². The third-order valence-corrected chi connectivity index (χ3v) is 2.70. The topological polar surface area (TPSA) is 26.8 Å². The second kappa shape index (κ2) is 4.64. The van der Waals surface area contributed by atoms with Crippen LogP contribution in [0.2, 0.25) is 0 Å². The van der Waals surface area contributed by atoms with Gasteiger partial charge in [0.25, 0.3) is 0 Å². The largest absolute Gasteiger partial charge is 0.331 e. The molecule has 1 fully saturated rings. The lowest BCUT2D eigenvalue weighted by molar-refractivity contribution is 0.107. The van der Waals surface area contributed by atoms with Crippen LogP contribution in [0.1, 0.15) is 13.8 Å². The molecule has 1 heterocycles. The lowest BCUT2D eigenvalue weighted by Gasteiger charge is -2.37. The van der Waals surface area contributed by atoms with Crippen LogP contribution >= 0.6 is 0 Å². The summed E-state index contributed by atoms with van der Waals surface area (Å²) in [5.74, 6) is 0. The molecular formula is C10H21N3O. The number of carbonyl (C=O) groups is 1. The molecule has 0 aromatic carbocycles. The maximum absolute atomic E-state index is 11.6. The molecule has 0 aromatic rings. The summed E-state index contributed by atoms with van der Waals surface area (Å²) in [6.45, 7) is 8.10. The van der Waals surface area contributed by atoms with Gasteiger partial charge in [0.15, 0.2) is 0 Å². The molecule has 14 heavy (non-hydrogen) atoms. The third kappa shape index (κ3) is 2.61. The zero-order chi connectivity index (χ0) is 10.7. The first-order valence-electron chi connectivity index (χ1n) is 5.22. The fourth-order valence-corrected chi connectivity index (χ4v) is 1.71. The van der Waals surface area contributed by atoms with E-state index in [4.69, 9.17) is 0 Å². The number of rotatable bonds is 1. The van der Waals surface area contributed by atoms with E-state index in [2.05, 4.69) is 18.7 Å². The number of nitrogens with zero attached hydrogens (tertiary/aromatic N) is 3. The SMILES string of the molecule is CC(C)N1CCN(C(=O)N(C)C)CC1. The van der Waals surface area contributed by atoms with Crippen LogP contribution in [-0.4, -0.2) is 67.0 Å². The van der Waals surface area contributed by atoms with E-state index in [1.54, 1.807) is 19.0 Å². The third-order valence-electron chi connectivity index (χ3n) is 2.70. The summed E-state index contributed by atoms with van der Waals surface area (Å²) in [4.78, 5) is 17.6. The van der Waals surface area contributed by atoms with Gasteiger partial charge in [0.2, 0.25) is 0 Å². The molecule has 1 rings (SSSR count). The summed E-state index contributed by atoms with van der Waals surface area (Å²) in [7, 11) is 3.61. The van der Waals surface area contributed by atoms with Gasteiger partial charge in [-0.25, -0.2) is 4.79 Å². The van der Waals surface area contributed by atoms with Gasteiger partial charge in [-0.05, 0) is 13.8 Å². The van der Waals surface area contributed by atoms with Gasteiger partial charge in [-0.15, -0.1) is 0 Å². The molecule has 0 aliphatic carbocycles. The molecule has 0 radical (unpaired) electrons. The van der Waals surface area contributed by atoms with E-state index in [-0.39, 0.29) is 6.03 Å². The highest BCUT2D eigenvalue weighted by Gasteiger charge is 2.22. The van der Waals surface area contributed by atoms with Crippen molar-refractivity contribution < 1.29 is 4.79 Å². The zero-order valence-electron chi connectivity index (χ0n) is 9.66. The standard InChI is InChI=1S/C10H21N3O/c1-9(2)12-5-7-13(8-6-12)10(14)11(3)4/h9H,5-8H2,1-4H3. The van der Waals surface area contributed by atoms with Gasteiger partial charge in [-0.2, -0.15) is 0 Å². The quantitative estimate of drug-likeness (QED) is 0.621. The molecule has 82 valence electrons. The number of hydrogen-bond acceptors (Lipinski definition) is 2. The molecule has 1 aliphatic rings. The van der Waals surface area contributed by atoms with Crippen molar-refractivity contribution in [1.29, 1.82) is 0 Å². The average Bonchev–Trinajstić information content (AvgIpc) is 2.16. The second-order valence-corrected chi connectivity index (χ2v) is 4.29. The summed E-state index contributed by atoms with van der Waals surface area (Å²) < 4.78 is 0. The van der Waals surface area contributed by atoms with Crippen molar-refractivity contribution >= 4 is 6.03 Å². The number of piperazine rings is 1. The summed E-state index contributed by atoms with van der Waals surface area (Å²) in [6.07, 6.45) is 0. The van der Waals surface area contributed by atoms with Crippen LogP contribution in [0.3, 0.4) is 0 Å².